The highest BCUT2D eigenvalue weighted by Crippen LogP contribution is 2.00. The van der Waals surface area contributed by atoms with Crippen molar-refractivity contribution in [2.24, 2.45) is 5.73 Å². The van der Waals surface area contributed by atoms with E-state index in [1.165, 1.54) is 0 Å². The standard InChI is InChI=1S/C7H13N.ClH/c1-4-6-7(3,8)5-2;/h5,8H2,1-3H3;1H. The molecule has 0 fully saturated rings. The van der Waals surface area contributed by atoms with E-state index < -0.39 is 0 Å². The molecule has 0 radical (unpaired) electrons. The second kappa shape index (κ2) is 4.67. The molecule has 0 aliphatic carbocycles. The third-order valence-corrected chi connectivity index (χ3v) is 1.15. The molecule has 0 aromatic rings. The van der Waals surface area contributed by atoms with Gasteiger partial charge in [0.05, 0.1) is 5.54 Å². The van der Waals surface area contributed by atoms with Crippen LogP contribution >= 0.6 is 12.4 Å². The van der Waals surface area contributed by atoms with E-state index >= 15 is 0 Å². The highest BCUT2D eigenvalue weighted by Gasteiger charge is 2.08. The minimum Gasteiger partial charge on any atom is -0.315 e. The first-order valence-electron chi connectivity index (χ1n) is 2.85. The average Bonchev–Trinajstić information content (AvgIpc) is 1.67. The molecule has 2 N–H and O–H groups in total. The zero-order chi connectivity index (χ0) is 6.62. The lowest BCUT2D eigenvalue weighted by Gasteiger charge is -2.12. The van der Waals surface area contributed by atoms with E-state index in [0.717, 1.165) is 6.42 Å². The molecule has 9 heavy (non-hydrogen) atoms. The topological polar surface area (TPSA) is 26.0 Å². The lowest BCUT2D eigenvalue weighted by Crippen LogP contribution is -2.32. The minimum atomic E-state index is -0.269. The largest absolute Gasteiger partial charge is 0.315 e. The molecule has 0 aliphatic rings. The van der Waals surface area contributed by atoms with Crippen LogP contribution in [0.15, 0.2) is 0 Å². The van der Waals surface area contributed by atoms with Gasteiger partial charge in [0.1, 0.15) is 0 Å². The lowest BCUT2D eigenvalue weighted by atomic mass is 10.0. The summed E-state index contributed by atoms with van der Waals surface area (Å²) in [4.78, 5) is 0. The van der Waals surface area contributed by atoms with E-state index in [1.54, 1.807) is 6.92 Å². The van der Waals surface area contributed by atoms with Gasteiger partial charge in [-0.05, 0) is 20.3 Å². The molecule has 2 heteroatoms. The van der Waals surface area contributed by atoms with Gasteiger partial charge in [-0.2, -0.15) is 0 Å². The lowest BCUT2D eigenvalue weighted by molar-refractivity contribution is 0.586. The first-order chi connectivity index (χ1) is 3.62. The van der Waals surface area contributed by atoms with Crippen molar-refractivity contribution in [3.8, 4) is 11.8 Å². The second-order valence-electron chi connectivity index (χ2n) is 2.15. The molecule has 0 heterocycles. The third kappa shape index (κ3) is 5.68. The predicted octanol–water partition coefficient (Wildman–Crippen LogP) is 1.56. The summed E-state index contributed by atoms with van der Waals surface area (Å²) in [6.45, 7) is 5.77. The van der Waals surface area contributed by atoms with Crippen molar-refractivity contribution in [3.05, 3.63) is 0 Å². The Morgan fingerprint density at radius 1 is 1.56 bits per heavy atom. The van der Waals surface area contributed by atoms with Crippen LogP contribution in [0.3, 0.4) is 0 Å². The molecule has 0 saturated carbocycles. The van der Waals surface area contributed by atoms with E-state index in [4.69, 9.17) is 5.73 Å². The molecule has 0 rings (SSSR count). The molecule has 0 aliphatic heterocycles. The summed E-state index contributed by atoms with van der Waals surface area (Å²) >= 11 is 0. The van der Waals surface area contributed by atoms with Gasteiger partial charge in [0, 0.05) is 0 Å². The van der Waals surface area contributed by atoms with E-state index in [9.17, 15) is 0 Å². The van der Waals surface area contributed by atoms with Gasteiger partial charge in [-0.3, -0.25) is 0 Å². The van der Waals surface area contributed by atoms with Gasteiger partial charge in [0.25, 0.3) is 0 Å². The van der Waals surface area contributed by atoms with Crippen molar-refractivity contribution in [3.63, 3.8) is 0 Å². The number of halogens is 1. The molecular formula is C7H14ClN. The summed E-state index contributed by atoms with van der Waals surface area (Å²) in [6.07, 6.45) is 0.911. The summed E-state index contributed by atoms with van der Waals surface area (Å²) in [5.74, 6) is 5.68. The van der Waals surface area contributed by atoms with E-state index in [-0.39, 0.29) is 17.9 Å². The smallest absolute Gasteiger partial charge is 0.0744 e. The highest BCUT2D eigenvalue weighted by atomic mass is 35.5. The number of rotatable bonds is 1. The number of nitrogens with two attached hydrogens (primary N) is 1. The molecule has 0 saturated heterocycles. The predicted molar refractivity (Wildman–Crippen MR) is 43.6 cm³/mol. The van der Waals surface area contributed by atoms with Gasteiger partial charge in [0.15, 0.2) is 0 Å². The molecule has 0 spiro atoms. The van der Waals surface area contributed by atoms with Crippen LogP contribution in [0.4, 0.5) is 0 Å². The van der Waals surface area contributed by atoms with Crippen LogP contribution in [0.25, 0.3) is 0 Å². The first kappa shape index (κ1) is 11.6. The van der Waals surface area contributed by atoms with E-state index in [2.05, 4.69) is 11.8 Å². The number of hydrogen-bond donors (Lipinski definition) is 1. The Bertz CT molecular complexity index is 119. The zero-order valence-electron chi connectivity index (χ0n) is 6.19. The van der Waals surface area contributed by atoms with Crippen molar-refractivity contribution >= 4 is 12.4 Å². The molecule has 1 atom stereocenters. The monoisotopic (exact) mass is 147 g/mol. The maximum Gasteiger partial charge on any atom is 0.0744 e. The fraction of sp³-hybridized carbons (Fsp3) is 0.714. The van der Waals surface area contributed by atoms with Crippen molar-refractivity contribution < 1.29 is 0 Å². The Balaban J connectivity index is 0. The van der Waals surface area contributed by atoms with Crippen LogP contribution in [0.1, 0.15) is 27.2 Å². The zero-order valence-corrected chi connectivity index (χ0v) is 7.01. The summed E-state index contributed by atoms with van der Waals surface area (Å²) in [6, 6.07) is 0. The maximum absolute atomic E-state index is 5.65. The molecule has 1 nitrogen and oxygen atoms in total. The quantitative estimate of drug-likeness (QED) is 0.560. The number of hydrogen-bond acceptors (Lipinski definition) is 1. The summed E-state index contributed by atoms with van der Waals surface area (Å²) < 4.78 is 0. The Hall–Kier alpha value is -0.190. The summed E-state index contributed by atoms with van der Waals surface area (Å²) in [5.41, 5.74) is 5.38. The first-order valence-corrected chi connectivity index (χ1v) is 2.85. The van der Waals surface area contributed by atoms with Gasteiger partial charge >= 0.3 is 0 Å². The van der Waals surface area contributed by atoms with Crippen molar-refractivity contribution in [1.82, 2.24) is 0 Å². The van der Waals surface area contributed by atoms with Crippen molar-refractivity contribution in [2.45, 2.75) is 32.7 Å². The van der Waals surface area contributed by atoms with Crippen LogP contribution < -0.4 is 5.73 Å². The minimum absolute atomic E-state index is 0. The van der Waals surface area contributed by atoms with Gasteiger partial charge in [-0.25, -0.2) is 0 Å². The van der Waals surface area contributed by atoms with Crippen LogP contribution in [0.5, 0.6) is 0 Å². The fourth-order valence-electron chi connectivity index (χ4n) is 0.374. The molecule has 0 bridgehead atoms. The molecule has 0 amide bonds. The Labute approximate surface area is 63.4 Å². The van der Waals surface area contributed by atoms with E-state index in [0.29, 0.717) is 0 Å². The van der Waals surface area contributed by atoms with Crippen molar-refractivity contribution in [1.29, 1.82) is 0 Å². The van der Waals surface area contributed by atoms with Gasteiger partial charge < -0.3 is 5.73 Å². The molecule has 1 unspecified atom stereocenters. The maximum atomic E-state index is 5.65. The van der Waals surface area contributed by atoms with Gasteiger partial charge in [-0.1, -0.05) is 12.8 Å². The Kier molecular flexibility index (Phi) is 6.01. The van der Waals surface area contributed by atoms with Crippen LogP contribution in [0, 0.1) is 11.8 Å². The third-order valence-electron chi connectivity index (χ3n) is 1.15. The summed E-state index contributed by atoms with van der Waals surface area (Å²) in [7, 11) is 0. The van der Waals surface area contributed by atoms with Crippen LogP contribution in [-0.2, 0) is 0 Å². The highest BCUT2D eigenvalue weighted by molar-refractivity contribution is 5.85. The Morgan fingerprint density at radius 3 is 2.11 bits per heavy atom. The average molecular weight is 148 g/mol. The van der Waals surface area contributed by atoms with Crippen LogP contribution in [0.2, 0.25) is 0 Å². The molecule has 0 aromatic heterocycles. The molecular weight excluding hydrogens is 134 g/mol. The van der Waals surface area contributed by atoms with Crippen molar-refractivity contribution in [2.75, 3.05) is 0 Å². The Morgan fingerprint density at radius 2 is 2.00 bits per heavy atom. The summed E-state index contributed by atoms with van der Waals surface area (Å²) in [5, 5.41) is 0. The van der Waals surface area contributed by atoms with Crippen LogP contribution in [-0.4, -0.2) is 5.54 Å². The van der Waals surface area contributed by atoms with Gasteiger partial charge in [0.2, 0.25) is 0 Å². The molecule has 0 aromatic carbocycles. The fourth-order valence-corrected chi connectivity index (χ4v) is 0.374. The van der Waals surface area contributed by atoms with Gasteiger partial charge in [-0.15, -0.1) is 18.3 Å². The second-order valence-corrected chi connectivity index (χ2v) is 2.15. The SMILES string of the molecule is CC#CC(C)(N)CC.Cl. The normalized spacial score (nSPS) is 14.2. The van der Waals surface area contributed by atoms with E-state index in [1.807, 2.05) is 13.8 Å². The molecule has 54 valence electrons.